The summed E-state index contributed by atoms with van der Waals surface area (Å²) in [5.41, 5.74) is 2.94. The third-order valence-electron chi connectivity index (χ3n) is 2.71. The van der Waals surface area contributed by atoms with Gasteiger partial charge in [0.1, 0.15) is 0 Å². The zero-order chi connectivity index (χ0) is 13.5. The van der Waals surface area contributed by atoms with Gasteiger partial charge in [0.15, 0.2) is 5.78 Å². The maximum atomic E-state index is 11.8. The van der Waals surface area contributed by atoms with Gasteiger partial charge in [-0.3, -0.25) is 4.79 Å². The Morgan fingerprint density at radius 2 is 1.63 bits per heavy atom. The third-order valence-corrected chi connectivity index (χ3v) is 3.51. The summed E-state index contributed by atoms with van der Waals surface area (Å²) >= 11 is 1.35. The molecule has 94 valence electrons. The zero-order valence-corrected chi connectivity index (χ0v) is 11.2. The topological polar surface area (TPSA) is 40.9 Å². The molecular formula is C16H13NOS. The maximum absolute atomic E-state index is 11.8. The second kappa shape index (κ2) is 6.77. The Morgan fingerprint density at radius 1 is 1.00 bits per heavy atom. The van der Waals surface area contributed by atoms with Crippen LogP contribution in [-0.4, -0.2) is 17.3 Å². The molecule has 19 heavy (non-hydrogen) atoms. The molecular weight excluding hydrogens is 254 g/mol. The van der Waals surface area contributed by atoms with Crippen LogP contribution in [0, 0.1) is 11.3 Å². The third kappa shape index (κ3) is 3.70. The molecule has 0 bridgehead atoms. The van der Waals surface area contributed by atoms with E-state index in [9.17, 15) is 4.79 Å². The van der Waals surface area contributed by atoms with E-state index in [-0.39, 0.29) is 5.78 Å². The number of hydrogen-bond acceptors (Lipinski definition) is 3. The van der Waals surface area contributed by atoms with E-state index in [4.69, 9.17) is 5.26 Å². The van der Waals surface area contributed by atoms with Crippen molar-refractivity contribution in [3.8, 4) is 17.2 Å². The van der Waals surface area contributed by atoms with E-state index in [1.54, 1.807) is 0 Å². The Bertz CT molecular complexity index is 584. The summed E-state index contributed by atoms with van der Waals surface area (Å²) in [4.78, 5) is 11.8. The van der Waals surface area contributed by atoms with Gasteiger partial charge in [-0.2, -0.15) is 5.26 Å². The largest absolute Gasteiger partial charge is 0.293 e. The second-order valence-corrected chi connectivity index (χ2v) is 5.00. The highest BCUT2D eigenvalue weighted by Crippen LogP contribution is 2.19. The lowest BCUT2D eigenvalue weighted by Gasteiger charge is -2.03. The predicted molar refractivity (Wildman–Crippen MR) is 79.1 cm³/mol. The molecule has 0 heterocycles. The molecule has 0 radical (unpaired) electrons. The lowest BCUT2D eigenvalue weighted by atomic mass is 10.0. The lowest BCUT2D eigenvalue weighted by Crippen LogP contribution is -2.02. The minimum atomic E-state index is 0.0693. The first-order chi connectivity index (χ1) is 9.31. The van der Waals surface area contributed by atoms with E-state index < -0.39 is 0 Å². The summed E-state index contributed by atoms with van der Waals surface area (Å²) in [5, 5.41) is 8.43. The van der Waals surface area contributed by atoms with Crippen LogP contribution in [0.2, 0.25) is 0 Å². The number of ketones is 1. The Morgan fingerprint density at radius 3 is 2.26 bits per heavy atom. The van der Waals surface area contributed by atoms with Gasteiger partial charge in [-0.15, -0.1) is 11.8 Å². The van der Waals surface area contributed by atoms with Crippen molar-refractivity contribution in [2.75, 3.05) is 11.5 Å². The van der Waals surface area contributed by atoms with Gasteiger partial charge in [0.2, 0.25) is 0 Å². The molecule has 0 spiro atoms. The van der Waals surface area contributed by atoms with E-state index in [1.165, 1.54) is 11.8 Å². The molecule has 0 amide bonds. The fourth-order valence-electron chi connectivity index (χ4n) is 1.75. The lowest BCUT2D eigenvalue weighted by molar-refractivity contribution is 0.102. The molecule has 0 aliphatic heterocycles. The summed E-state index contributed by atoms with van der Waals surface area (Å²) in [7, 11) is 0. The normalized spacial score (nSPS) is 9.84. The molecule has 2 aromatic rings. The minimum absolute atomic E-state index is 0.0693. The second-order valence-electron chi connectivity index (χ2n) is 4.02. The number of Topliss-reactive ketones (excluding diaryl/α,β-unsaturated/α-hetero) is 1. The van der Waals surface area contributed by atoms with Gasteiger partial charge < -0.3 is 0 Å². The molecule has 0 aromatic heterocycles. The Labute approximate surface area is 117 Å². The first-order valence-corrected chi connectivity index (χ1v) is 7.10. The molecule has 0 aliphatic rings. The maximum Gasteiger partial charge on any atom is 0.172 e. The zero-order valence-electron chi connectivity index (χ0n) is 10.4. The molecule has 0 saturated heterocycles. The molecule has 0 unspecified atom stereocenters. The van der Waals surface area contributed by atoms with Crippen molar-refractivity contribution in [2.24, 2.45) is 0 Å². The van der Waals surface area contributed by atoms with Crippen LogP contribution < -0.4 is 0 Å². The standard InChI is InChI=1S/C16H13NOS/c17-10-11-19-12-16(18)15-8-6-14(7-9-15)13-4-2-1-3-5-13/h1-9H,11-12H2. The quantitative estimate of drug-likeness (QED) is 0.611. The van der Waals surface area contributed by atoms with Gasteiger partial charge in [0.05, 0.1) is 17.6 Å². The van der Waals surface area contributed by atoms with Crippen molar-refractivity contribution >= 4 is 17.5 Å². The fourth-order valence-corrected chi connectivity index (χ4v) is 2.30. The van der Waals surface area contributed by atoms with Gasteiger partial charge in [-0.1, -0.05) is 54.6 Å². The predicted octanol–water partition coefficient (Wildman–Crippen LogP) is 3.79. The molecule has 3 heteroatoms. The molecule has 2 rings (SSSR count). The van der Waals surface area contributed by atoms with Gasteiger partial charge in [-0.05, 0) is 11.1 Å². The first-order valence-electron chi connectivity index (χ1n) is 5.94. The Balaban J connectivity index is 2.07. The highest BCUT2D eigenvalue weighted by molar-refractivity contribution is 8.00. The van der Waals surface area contributed by atoms with E-state index in [0.29, 0.717) is 17.1 Å². The van der Waals surface area contributed by atoms with Gasteiger partial charge in [0, 0.05) is 5.56 Å². The monoisotopic (exact) mass is 267 g/mol. The smallest absolute Gasteiger partial charge is 0.172 e. The molecule has 2 aromatic carbocycles. The summed E-state index contributed by atoms with van der Waals surface area (Å²) in [6.45, 7) is 0. The van der Waals surface area contributed by atoms with Crippen molar-refractivity contribution < 1.29 is 4.79 Å². The van der Waals surface area contributed by atoms with Crippen LogP contribution in [0.25, 0.3) is 11.1 Å². The van der Waals surface area contributed by atoms with Gasteiger partial charge in [-0.25, -0.2) is 0 Å². The number of nitrogens with zero attached hydrogens (tertiary/aromatic N) is 1. The van der Waals surface area contributed by atoms with Crippen LogP contribution in [0.3, 0.4) is 0 Å². The number of rotatable bonds is 5. The van der Waals surface area contributed by atoms with Crippen molar-refractivity contribution in [3.05, 3.63) is 60.2 Å². The van der Waals surface area contributed by atoms with Crippen LogP contribution in [0.5, 0.6) is 0 Å². The fraction of sp³-hybridized carbons (Fsp3) is 0.125. The number of benzene rings is 2. The molecule has 2 nitrogen and oxygen atoms in total. The van der Waals surface area contributed by atoms with Crippen LogP contribution in [0.15, 0.2) is 54.6 Å². The number of carbonyl (C=O) groups is 1. The average Bonchev–Trinajstić information content (AvgIpc) is 2.48. The minimum Gasteiger partial charge on any atom is -0.293 e. The van der Waals surface area contributed by atoms with Crippen molar-refractivity contribution in [2.45, 2.75) is 0 Å². The highest BCUT2D eigenvalue weighted by Gasteiger charge is 2.06. The molecule has 0 N–H and O–H groups in total. The van der Waals surface area contributed by atoms with Crippen molar-refractivity contribution in [1.82, 2.24) is 0 Å². The van der Waals surface area contributed by atoms with E-state index in [2.05, 4.69) is 0 Å². The summed E-state index contributed by atoms with van der Waals surface area (Å²) in [6, 6.07) is 19.7. The average molecular weight is 267 g/mol. The number of thioether (sulfide) groups is 1. The first kappa shape index (κ1) is 13.4. The van der Waals surface area contributed by atoms with Crippen LogP contribution in [0.4, 0.5) is 0 Å². The van der Waals surface area contributed by atoms with E-state index in [1.807, 2.05) is 60.7 Å². The van der Waals surface area contributed by atoms with E-state index >= 15 is 0 Å². The number of hydrogen-bond donors (Lipinski definition) is 0. The number of nitriles is 1. The highest BCUT2D eigenvalue weighted by atomic mass is 32.2. The Kier molecular flexibility index (Phi) is 4.77. The van der Waals surface area contributed by atoms with Crippen LogP contribution in [-0.2, 0) is 0 Å². The van der Waals surface area contributed by atoms with Crippen molar-refractivity contribution in [1.29, 1.82) is 5.26 Å². The summed E-state index contributed by atoms with van der Waals surface area (Å²) in [5.74, 6) is 0.784. The Hall–Kier alpha value is -2.05. The van der Waals surface area contributed by atoms with Crippen LogP contribution in [0.1, 0.15) is 10.4 Å². The molecule has 0 atom stereocenters. The summed E-state index contributed by atoms with van der Waals surface area (Å²) in [6.07, 6.45) is 0. The molecule has 0 saturated carbocycles. The van der Waals surface area contributed by atoms with Gasteiger partial charge in [0.25, 0.3) is 0 Å². The SMILES string of the molecule is N#CCSCC(=O)c1ccc(-c2ccccc2)cc1. The van der Waals surface area contributed by atoms with Crippen molar-refractivity contribution in [3.63, 3.8) is 0 Å². The molecule has 0 fully saturated rings. The molecule has 0 aliphatic carbocycles. The van der Waals surface area contributed by atoms with Crippen LogP contribution >= 0.6 is 11.8 Å². The van der Waals surface area contributed by atoms with Gasteiger partial charge >= 0.3 is 0 Å². The number of carbonyl (C=O) groups excluding carboxylic acids is 1. The van der Waals surface area contributed by atoms with E-state index in [0.717, 1.165) is 11.1 Å². The summed E-state index contributed by atoms with van der Waals surface area (Å²) < 4.78 is 0.